The number of aromatic nitrogens is 2. The van der Waals surface area contributed by atoms with Crippen molar-refractivity contribution in [3.05, 3.63) is 66.4 Å². The van der Waals surface area contributed by atoms with Crippen LogP contribution in [0.3, 0.4) is 0 Å². The number of anilines is 5. The fourth-order valence-electron chi connectivity index (χ4n) is 2.98. The van der Waals surface area contributed by atoms with E-state index < -0.39 is 9.84 Å². The number of amides is 1. The number of rotatable bonds is 7. The highest BCUT2D eigenvalue weighted by Gasteiger charge is 2.10. The third-order valence-electron chi connectivity index (χ3n) is 4.69. The summed E-state index contributed by atoms with van der Waals surface area (Å²) in [6.07, 6.45) is 2.86. The Hall–Kier alpha value is -3.46. The molecule has 0 radical (unpaired) electrons. The van der Waals surface area contributed by atoms with Crippen LogP contribution in [0, 0.1) is 0 Å². The average molecular weight is 440 g/mol. The van der Waals surface area contributed by atoms with Crippen LogP contribution in [0.4, 0.5) is 28.8 Å². The molecule has 0 aliphatic heterocycles. The molecule has 3 aromatic rings. The van der Waals surface area contributed by atoms with E-state index in [9.17, 15) is 13.2 Å². The van der Waals surface area contributed by atoms with E-state index in [0.717, 1.165) is 11.4 Å². The Labute approximate surface area is 182 Å². The third kappa shape index (κ3) is 6.02. The van der Waals surface area contributed by atoms with Gasteiger partial charge in [-0.2, -0.15) is 4.98 Å². The average Bonchev–Trinajstić information content (AvgIpc) is 2.72. The van der Waals surface area contributed by atoms with Crippen molar-refractivity contribution in [2.75, 3.05) is 35.5 Å². The predicted molar refractivity (Wildman–Crippen MR) is 124 cm³/mol. The lowest BCUT2D eigenvalue weighted by Gasteiger charge is -2.21. The van der Waals surface area contributed by atoms with Crippen molar-refractivity contribution in [1.29, 1.82) is 0 Å². The van der Waals surface area contributed by atoms with Crippen LogP contribution in [-0.2, 0) is 20.4 Å². The van der Waals surface area contributed by atoms with Gasteiger partial charge in [0.25, 0.3) is 0 Å². The van der Waals surface area contributed by atoms with Crippen LogP contribution in [0.1, 0.15) is 12.5 Å². The molecule has 0 spiro atoms. The van der Waals surface area contributed by atoms with Crippen molar-refractivity contribution in [3.8, 4) is 0 Å². The van der Waals surface area contributed by atoms with E-state index in [2.05, 4.69) is 15.3 Å². The highest BCUT2D eigenvalue weighted by molar-refractivity contribution is 7.89. The van der Waals surface area contributed by atoms with Crippen molar-refractivity contribution >= 4 is 44.6 Å². The summed E-state index contributed by atoms with van der Waals surface area (Å²) >= 11 is 0. The van der Waals surface area contributed by atoms with E-state index in [1.54, 1.807) is 42.4 Å². The number of nitrogens with one attached hydrogen (secondary N) is 1. The Bertz CT molecular complexity index is 1180. The molecule has 31 heavy (non-hydrogen) atoms. The number of hydrogen-bond donors (Lipinski definition) is 1. The normalized spacial score (nSPS) is 11.1. The first kappa shape index (κ1) is 22.2. The first-order valence-corrected chi connectivity index (χ1v) is 11.6. The second-order valence-electron chi connectivity index (χ2n) is 7.29. The standard InChI is InChI=1S/C22H25N5O3S/c1-16(28)26(2)19-8-10-20(11-9-19)27(3)21-12-13-23-22(25-21)24-18-7-5-6-17(14-18)15-31(4,29)30/h5-14H,15H2,1-4H3,(H,23,24,25). The second kappa shape index (κ2) is 9.13. The van der Waals surface area contributed by atoms with E-state index >= 15 is 0 Å². The van der Waals surface area contributed by atoms with Gasteiger partial charge >= 0.3 is 0 Å². The van der Waals surface area contributed by atoms with E-state index in [1.807, 2.05) is 42.3 Å². The van der Waals surface area contributed by atoms with Gasteiger partial charge in [-0.05, 0) is 48.0 Å². The molecule has 1 amide bonds. The molecule has 2 aromatic carbocycles. The molecule has 0 fully saturated rings. The van der Waals surface area contributed by atoms with Crippen molar-refractivity contribution < 1.29 is 13.2 Å². The fourth-order valence-corrected chi connectivity index (χ4v) is 3.77. The number of carbonyl (C=O) groups is 1. The van der Waals surface area contributed by atoms with Crippen LogP contribution < -0.4 is 15.1 Å². The SMILES string of the molecule is CC(=O)N(C)c1ccc(N(C)c2ccnc(Nc3cccc(CS(C)(=O)=O)c3)n2)cc1. The van der Waals surface area contributed by atoms with Crippen LogP contribution in [0.2, 0.25) is 0 Å². The van der Waals surface area contributed by atoms with Crippen molar-refractivity contribution in [2.24, 2.45) is 0 Å². The largest absolute Gasteiger partial charge is 0.329 e. The summed E-state index contributed by atoms with van der Waals surface area (Å²) in [5.41, 5.74) is 3.11. The van der Waals surface area contributed by atoms with Crippen molar-refractivity contribution in [1.82, 2.24) is 9.97 Å². The topological polar surface area (TPSA) is 95.5 Å². The maximum Gasteiger partial charge on any atom is 0.229 e. The molecule has 1 heterocycles. The van der Waals surface area contributed by atoms with Crippen LogP contribution in [0.25, 0.3) is 0 Å². The molecule has 0 saturated heterocycles. The van der Waals surface area contributed by atoms with Gasteiger partial charge in [-0.1, -0.05) is 12.1 Å². The lowest BCUT2D eigenvalue weighted by atomic mass is 10.2. The first-order chi connectivity index (χ1) is 14.6. The number of nitrogens with zero attached hydrogens (tertiary/aromatic N) is 4. The molecule has 0 bridgehead atoms. The number of sulfone groups is 1. The smallest absolute Gasteiger partial charge is 0.229 e. The molecule has 0 saturated carbocycles. The van der Waals surface area contributed by atoms with Gasteiger partial charge in [0.15, 0.2) is 9.84 Å². The summed E-state index contributed by atoms with van der Waals surface area (Å²) < 4.78 is 23.1. The van der Waals surface area contributed by atoms with Gasteiger partial charge in [-0.15, -0.1) is 0 Å². The fraction of sp³-hybridized carbons (Fsp3) is 0.227. The Balaban J connectivity index is 1.77. The molecule has 0 unspecified atom stereocenters. The zero-order valence-corrected chi connectivity index (χ0v) is 18.7. The Morgan fingerprint density at radius 2 is 1.71 bits per heavy atom. The van der Waals surface area contributed by atoms with Crippen LogP contribution in [0.5, 0.6) is 0 Å². The first-order valence-electron chi connectivity index (χ1n) is 9.57. The Kier molecular flexibility index (Phi) is 6.55. The van der Waals surface area contributed by atoms with Gasteiger partial charge in [0.2, 0.25) is 11.9 Å². The molecule has 0 atom stereocenters. The minimum Gasteiger partial charge on any atom is -0.329 e. The van der Waals surface area contributed by atoms with Crippen molar-refractivity contribution in [3.63, 3.8) is 0 Å². The molecule has 3 rings (SSSR count). The van der Waals surface area contributed by atoms with Crippen molar-refractivity contribution in [2.45, 2.75) is 12.7 Å². The number of hydrogen-bond acceptors (Lipinski definition) is 7. The lowest BCUT2D eigenvalue weighted by molar-refractivity contribution is -0.116. The van der Waals surface area contributed by atoms with E-state index in [1.165, 1.54) is 13.2 Å². The summed E-state index contributed by atoms with van der Waals surface area (Å²) in [5.74, 6) is 1.01. The summed E-state index contributed by atoms with van der Waals surface area (Å²) in [6.45, 7) is 1.52. The molecule has 0 aliphatic carbocycles. The maximum absolute atomic E-state index is 11.5. The lowest BCUT2D eigenvalue weighted by Crippen LogP contribution is -2.22. The quantitative estimate of drug-likeness (QED) is 0.602. The predicted octanol–water partition coefficient (Wildman–Crippen LogP) is 3.52. The monoisotopic (exact) mass is 439 g/mol. The maximum atomic E-state index is 11.5. The second-order valence-corrected chi connectivity index (χ2v) is 9.43. The Morgan fingerprint density at radius 1 is 1.03 bits per heavy atom. The zero-order valence-electron chi connectivity index (χ0n) is 17.9. The minimum atomic E-state index is -3.12. The molecule has 0 aliphatic rings. The molecular formula is C22H25N5O3S. The van der Waals surface area contributed by atoms with E-state index in [4.69, 9.17) is 0 Å². The molecule has 9 heteroatoms. The van der Waals surface area contributed by atoms with Gasteiger partial charge in [-0.3, -0.25) is 4.79 Å². The third-order valence-corrected chi connectivity index (χ3v) is 5.55. The van der Waals surface area contributed by atoms with Gasteiger partial charge in [0.05, 0.1) is 5.75 Å². The van der Waals surface area contributed by atoms with Crippen LogP contribution in [0.15, 0.2) is 60.8 Å². The highest BCUT2D eigenvalue weighted by Crippen LogP contribution is 2.25. The summed E-state index contributed by atoms with van der Waals surface area (Å²) in [5, 5.41) is 3.13. The molecular weight excluding hydrogens is 414 g/mol. The number of carbonyl (C=O) groups excluding carboxylic acids is 1. The molecule has 8 nitrogen and oxygen atoms in total. The van der Waals surface area contributed by atoms with Gasteiger partial charge in [-0.25, -0.2) is 13.4 Å². The van der Waals surface area contributed by atoms with Gasteiger partial charge in [0, 0.05) is 50.5 Å². The summed E-state index contributed by atoms with van der Waals surface area (Å²) in [7, 11) is 0.506. The minimum absolute atomic E-state index is 0.0268. The van der Waals surface area contributed by atoms with Gasteiger partial charge < -0.3 is 15.1 Å². The zero-order chi connectivity index (χ0) is 22.6. The molecule has 1 N–H and O–H groups in total. The van der Waals surface area contributed by atoms with E-state index in [-0.39, 0.29) is 11.7 Å². The molecule has 162 valence electrons. The van der Waals surface area contributed by atoms with Crippen LogP contribution in [-0.4, -0.2) is 44.6 Å². The Morgan fingerprint density at radius 3 is 2.35 bits per heavy atom. The summed E-state index contributed by atoms with van der Waals surface area (Å²) in [4.78, 5) is 23.8. The van der Waals surface area contributed by atoms with Crippen LogP contribution >= 0.6 is 0 Å². The number of benzene rings is 2. The summed E-state index contributed by atoms with van der Waals surface area (Å²) in [6, 6.07) is 16.5. The van der Waals surface area contributed by atoms with Gasteiger partial charge in [0.1, 0.15) is 5.82 Å². The van der Waals surface area contributed by atoms with E-state index in [0.29, 0.717) is 23.0 Å². The highest BCUT2D eigenvalue weighted by atomic mass is 32.2. The molecule has 1 aromatic heterocycles.